The van der Waals surface area contributed by atoms with E-state index in [2.05, 4.69) is 5.32 Å². The molecule has 0 saturated heterocycles. The van der Waals surface area contributed by atoms with Crippen LogP contribution in [0.25, 0.3) is 0 Å². The number of ether oxygens (including phenoxy) is 2. The largest absolute Gasteiger partial charge is 0.493 e. The molecule has 1 aromatic carbocycles. The van der Waals surface area contributed by atoms with Crippen molar-refractivity contribution < 1.29 is 19.4 Å². The van der Waals surface area contributed by atoms with Crippen molar-refractivity contribution in [3.8, 4) is 17.6 Å². The Balaban J connectivity index is 2.36. The molecule has 0 aromatic heterocycles. The Hall–Kier alpha value is -2.26. The number of amides is 1. The number of carbonyl (C=O) groups excluding carboxylic acids is 1. The SMILES string of the molecule is COc1cc(C#N)ccc1OCCCC(=O)NCC(C)O. The molecule has 0 aliphatic heterocycles. The molecule has 0 radical (unpaired) electrons. The molecule has 0 saturated carbocycles. The summed E-state index contributed by atoms with van der Waals surface area (Å²) in [6, 6.07) is 6.94. The van der Waals surface area contributed by atoms with E-state index in [0.717, 1.165) is 0 Å². The summed E-state index contributed by atoms with van der Waals surface area (Å²) in [5.41, 5.74) is 0.497. The highest BCUT2D eigenvalue weighted by Crippen LogP contribution is 2.27. The van der Waals surface area contributed by atoms with Crippen molar-refractivity contribution in [3.63, 3.8) is 0 Å². The number of rotatable bonds is 8. The maximum atomic E-state index is 11.4. The molecule has 1 atom stereocenters. The zero-order valence-corrected chi connectivity index (χ0v) is 12.3. The molecule has 2 N–H and O–H groups in total. The molecule has 1 rings (SSSR count). The highest BCUT2D eigenvalue weighted by molar-refractivity contribution is 5.75. The van der Waals surface area contributed by atoms with Crippen LogP contribution in [0.1, 0.15) is 25.3 Å². The lowest BCUT2D eigenvalue weighted by atomic mass is 10.2. The third kappa shape index (κ3) is 6.15. The molecular formula is C15H20N2O4. The molecule has 6 heteroatoms. The monoisotopic (exact) mass is 292 g/mol. The van der Waals surface area contributed by atoms with E-state index >= 15 is 0 Å². The Bertz CT molecular complexity index is 509. The first-order chi connectivity index (χ1) is 10.1. The van der Waals surface area contributed by atoms with Crippen molar-refractivity contribution in [2.45, 2.75) is 25.9 Å². The normalized spacial score (nSPS) is 11.3. The van der Waals surface area contributed by atoms with Crippen molar-refractivity contribution >= 4 is 5.91 Å². The minimum absolute atomic E-state index is 0.119. The smallest absolute Gasteiger partial charge is 0.220 e. The Morgan fingerprint density at radius 2 is 2.24 bits per heavy atom. The number of methoxy groups -OCH3 is 1. The van der Waals surface area contributed by atoms with Crippen LogP contribution in [0.4, 0.5) is 0 Å². The third-order valence-corrected chi connectivity index (χ3v) is 2.69. The van der Waals surface area contributed by atoms with Gasteiger partial charge in [-0.05, 0) is 25.5 Å². The van der Waals surface area contributed by atoms with E-state index in [1.165, 1.54) is 7.11 Å². The van der Waals surface area contributed by atoms with Crippen LogP contribution < -0.4 is 14.8 Å². The number of nitrogens with one attached hydrogen (secondary N) is 1. The Labute approximate surface area is 124 Å². The fraction of sp³-hybridized carbons (Fsp3) is 0.467. The first-order valence-corrected chi connectivity index (χ1v) is 6.72. The third-order valence-electron chi connectivity index (χ3n) is 2.69. The highest BCUT2D eigenvalue weighted by atomic mass is 16.5. The Morgan fingerprint density at radius 3 is 2.86 bits per heavy atom. The molecule has 1 unspecified atom stereocenters. The summed E-state index contributed by atoms with van der Waals surface area (Å²) in [5.74, 6) is 0.916. The van der Waals surface area contributed by atoms with Crippen molar-refractivity contribution in [1.82, 2.24) is 5.32 Å². The molecule has 0 aliphatic rings. The van der Waals surface area contributed by atoms with Gasteiger partial charge in [-0.3, -0.25) is 4.79 Å². The van der Waals surface area contributed by atoms with E-state index in [9.17, 15) is 4.79 Å². The van der Waals surface area contributed by atoms with Gasteiger partial charge in [0.1, 0.15) is 0 Å². The van der Waals surface area contributed by atoms with Crippen molar-refractivity contribution in [3.05, 3.63) is 23.8 Å². The van der Waals surface area contributed by atoms with E-state index in [1.54, 1.807) is 25.1 Å². The second-order valence-electron chi connectivity index (χ2n) is 4.58. The molecule has 1 amide bonds. The average molecular weight is 292 g/mol. The van der Waals surface area contributed by atoms with E-state index in [1.807, 2.05) is 6.07 Å². The summed E-state index contributed by atoms with van der Waals surface area (Å²) < 4.78 is 10.7. The molecule has 21 heavy (non-hydrogen) atoms. The van der Waals surface area contributed by atoms with Gasteiger partial charge in [0, 0.05) is 19.0 Å². The lowest BCUT2D eigenvalue weighted by molar-refractivity contribution is -0.121. The zero-order valence-electron chi connectivity index (χ0n) is 12.3. The molecular weight excluding hydrogens is 272 g/mol. The Morgan fingerprint density at radius 1 is 1.48 bits per heavy atom. The lowest BCUT2D eigenvalue weighted by Crippen LogP contribution is -2.30. The van der Waals surface area contributed by atoms with Crippen molar-refractivity contribution in [1.29, 1.82) is 5.26 Å². The lowest BCUT2D eigenvalue weighted by Gasteiger charge is -2.11. The van der Waals surface area contributed by atoms with Crippen LogP contribution in [0, 0.1) is 11.3 Å². The molecule has 0 bridgehead atoms. The Kier molecular flexibility index (Phi) is 7.05. The number of aliphatic hydroxyl groups is 1. The minimum Gasteiger partial charge on any atom is -0.493 e. The fourth-order valence-electron chi connectivity index (χ4n) is 1.62. The van der Waals surface area contributed by atoms with Crippen molar-refractivity contribution in [2.75, 3.05) is 20.3 Å². The van der Waals surface area contributed by atoms with Crippen LogP contribution in [0.5, 0.6) is 11.5 Å². The summed E-state index contributed by atoms with van der Waals surface area (Å²) in [6.45, 7) is 2.23. The molecule has 6 nitrogen and oxygen atoms in total. The molecule has 0 fully saturated rings. The molecule has 0 aliphatic carbocycles. The van der Waals surface area contributed by atoms with Crippen LogP contribution in [-0.2, 0) is 4.79 Å². The van der Waals surface area contributed by atoms with Crippen LogP contribution in [0.15, 0.2) is 18.2 Å². The summed E-state index contributed by atoms with van der Waals surface area (Å²) in [7, 11) is 1.51. The quantitative estimate of drug-likeness (QED) is 0.703. The van der Waals surface area contributed by atoms with Gasteiger partial charge < -0.3 is 19.9 Å². The first-order valence-electron chi connectivity index (χ1n) is 6.72. The molecule has 1 aromatic rings. The standard InChI is InChI=1S/C15H20N2O4/c1-11(18)10-17-15(19)4-3-7-21-13-6-5-12(9-16)8-14(13)20-2/h5-6,8,11,18H,3-4,7,10H2,1-2H3,(H,17,19). The summed E-state index contributed by atoms with van der Waals surface area (Å²) in [5, 5.41) is 20.5. The zero-order chi connectivity index (χ0) is 15.7. The van der Waals surface area contributed by atoms with E-state index < -0.39 is 6.10 Å². The molecule has 0 heterocycles. The van der Waals surface area contributed by atoms with E-state index in [-0.39, 0.29) is 12.5 Å². The first kappa shape index (κ1) is 16.8. The van der Waals surface area contributed by atoms with Crippen LogP contribution in [-0.4, -0.2) is 37.4 Å². The predicted molar refractivity (Wildman–Crippen MR) is 77.1 cm³/mol. The number of hydrogen-bond acceptors (Lipinski definition) is 5. The number of benzene rings is 1. The number of aliphatic hydroxyl groups excluding tert-OH is 1. The van der Waals surface area contributed by atoms with E-state index in [0.29, 0.717) is 36.5 Å². The number of nitriles is 1. The van der Waals surface area contributed by atoms with Gasteiger partial charge in [0.2, 0.25) is 5.91 Å². The second-order valence-corrected chi connectivity index (χ2v) is 4.58. The fourth-order valence-corrected chi connectivity index (χ4v) is 1.62. The maximum Gasteiger partial charge on any atom is 0.220 e. The highest BCUT2D eigenvalue weighted by Gasteiger charge is 2.07. The van der Waals surface area contributed by atoms with Gasteiger partial charge in [-0.15, -0.1) is 0 Å². The molecule has 114 valence electrons. The topological polar surface area (TPSA) is 91.6 Å². The maximum absolute atomic E-state index is 11.4. The molecule has 0 spiro atoms. The summed E-state index contributed by atoms with van der Waals surface area (Å²) >= 11 is 0. The summed E-state index contributed by atoms with van der Waals surface area (Å²) in [4.78, 5) is 11.4. The van der Waals surface area contributed by atoms with Gasteiger partial charge in [0.25, 0.3) is 0 Å². The van der Waals surface area contributed by atoms with E-state index in [4.69, 9.17) is 19.8 Å². The summed E-state index contributed by atoms with van der Waals surface area (Å²) in [6.07, 6.45) is 0.327. The minimum atomic E-state index is -0.548. The van der Waals surface area contributed by atoms with Gasteiger partial charge in [-0.2, -0.15) is 5.26 Å². The average Bonchev–Trinajstić information content (AvgIpc) is 2.49. The van der Waals surface area contributed by atoms with Gasteiger partial charge in [0.05, 0.1) is 31.5 Å². The van der Waals surface area contributed by atoms with Crippen LogP contribution in [0.3, 0.4) is 0 Å². The number of nitrogens with zero attached hydrogens (tertiary/aromatic N) is 1. The number of carbonyl (C=O) groups is 1. The van der Waals surface area contributed by atoms with Gasteiger partial charge in [0.15, 0.2) is 11.5 Å². The second kappa shape index (κ2) is 8.82. The van der Waals surface area contributed by atoms with Gasteiger partial charge in [-0.1, -0.05) is 0 Å². The van der Waals surface area contributed by atoms with Crippen LogP contribution >= 0.6 is 0 Å². The van der Waals surface area contributed by atoms with Crippen LogP contribution in [0.2, 0.25) is 0 Å². The van der Waals surface area contributed by atoms with Crippen molar-refractivity contribution in [2.24, 2.45) is 0 Å². The number of hydrogen-bond donors (Lipinski definition) is 2. The predicted octanol–water partition coefficient (Wildman–Crippen LogP) is 1.22. The van der Waals surface area contributed by atoms with Gasteiger partial charge in [-0.25, -0.2) is 0 Å². The van der Waals surface area contributed by atoms with Gasteiger partial charge >= 0.3 is 0 Å².